The zero-order valence-electron chi connectivity index (χ0n) is 11.6. The molecule has 0 spiro atoms. The van der Waals surface area contributed by atoms with Crippen LogP contribution in [-0.2, 0) is 4.79 Å². The first-order valence-corrected chi connectivity index (χ1v) is 6.49. The van der Waals surface area contributed by atoms with Crippen molar-refractivity contribution in [3.8, 4) is 0 Å². The molecule has 0 aromatic heterocycles. The summed E-state index contributed by atoms with van der Waals surface area (Å²) in [5.41, 5.74) is 5.23. The molecule has 0 unspecified atom stereocenters. The molecule has 0 radical (unpaired) electrons. The molecule has 21 heavy (non-hydrogen) atoms. The third-order valence-electron chi connectivity index (χ3n) is 2.66. The first-order chi connectivity index (χ1) is 9.72. The van der Waals surface area contributed by atoms with Crippen molar-refractivity contribution in [2.24, 2.45) is 5.73 Å². The van der Waals surface area contributed by atoms with Crippen LogP contribution >= 0.6 is 11.6 Å². The van der Waals surface area contributed by atoms with Crippen LogP contribution in [0.2, 0.25) is 5.02 Å². The van der Waals surface area contributed by atoms with Gasteiger partial charge in [-0.2, -0.15) is 0 Å². The van der Waals surface area contributed by atoms with Crippen molar-refractivity contribution in [2.45, 2.75) is 19.9 Å². The summed E-state index contributed by atoms with van der Waals surface area (Å²) in [6, 6.07) is 3.28. The fourth-order valence-corrected chi connectivity index (χ4v) is 1.82. The Labute approximate surface area is 126 Å². The number of benzene rings is 1. The Kier molecular flexibility index (Phi) is 5.54. The normalized spacial score (nSPS) is 10.3. The van der Waals surface area contributed by atoms with Crippen LogP contribution < -0.4 is 11.1 Å². The predicted molar refractivity (Wildman–Crippen MR) is 78.5 cm³/mol. The minimum atomic E-state index is -1.20. The SMILES string of the molecule is CC(C)N(CC(N)=O)C(=O)Nc1ccc(Cl)c(C(=O)O)c1. The number of hydrogen-bond donors (Lipinski definition) is 3. The van der Waals surface area contributed by atoms with Crippen LogP contribution in [0.1, 0.15) is 24.2 Å². The zero-order chi connectivity index (χ0) is 16.2. The van der Waals surface area contributed by atoms with Crippen LogP contribution in [0.25, 0.3) is 0 Å². The lowest BCUT2D eigenvalue weighted by Gasteiger charge is -2.25. The summed E-state index contributed by atoms with van der Waals surface area (Å²) in [7, 11) is 0. The molecule has 0 aliphatic carbocycles. The monoisotopic (exact) mass is 313 g/mol. The molecule has 0 saturated heterocycles. The summed E-state index contributed by atoms with van der Waals surface area (Å²) >= 11 is 5.74. The maximum absolute atomic E-state index is 12.1. The van der Waals surface area contributed by atoms with Gasteiger partial charge in [-0.1, -0.05) is 11.6 Å². The number of primary amides is 1. The van der Waals surface area contributed by atoms with Gasteiger partial charge in [-0.15, -0.1) is 0 Å². The zero-order valence-corrected chi connectivity index (χ0v) is 12.3. The van der Waals surface area contributed by atoms with E-state index in [4.69, 9.17) is 22.4 Å². The van der Waals surface area contributed by atoms with Crippen LogP contribution in [0.5, 0.6) is 0 Å². The fraction of sp³-hybridized carbons (Fsp3) is 0.308. The minimum absolute atomic E-state index is 0.0679. The third-order valence-corrected chi connectivity index (χ3v) is 2.99. The van der Waals surface area contributed by atoms with Gasteiger partial charge in [0.15, 0.2) is 0 Å². The van der Waals surface area contributed by atoms with Gasteiger partial charge in [0, 0.05) is 11.7 Å². The van der Waals surface area contributed by atoms with Gasteiger partial charge < -0.3 is 21.1 Å². The number of nitrogens with one attached hydrogen (secondary N) is 1. The summed E-state index contributed by atoms with van der Waals surface area (Å²) in [5, 5.41) is 11.5. The van der Waals surface area contributed by atoms with Crippen LogP contribution in [-0.4, -0.2) is 40.5 Å². The predicted octanol–water partition coefficient (Wildman–Crippen LogP) is 1.77. The first-order valence-electron chi connectivity index (χ1n) is 6.11. The molecule has 0 bridgehead atoms. The van der Waals surface area contributed by atoms with Crippen LogP contribution in [0.3, 0.4) is 0 Å². The summed E-state index contributed by atoms with van der Waals surface area (Å²) in [6.45, 7) is 3.23. The highest BCUT2D eigenvalue weighted by Crippen LogP contribution is 2.21. The van der Waals surface area contributed by atoms with Gasteiger partial charge in [-0.05, 0) is 32.0 Å². The van der Waals surface area contributed by atoms with Crippen LogP contribution in [0.15, 0.2) is 18.2 Å². The Morgan fingerprint density at radius 3 is 2.48 bits per heavy atom. The van der Waals surface area contributed by atoms with E-state index in [0.717, 1.165) is 0 Å². The number of carboxylic acid groups (broad SMARTS) is 1. The lowest BCUT2D eigenvalue weighted by atomic mass is 10.2. The molecule has 1 aromatic carbocycles. The van der Waals surface area contributed by atoms with Crippen molar-refractivity contribution in [2.75, 3.05) is 11.9 Å². The Hall–Kier alpha value is -2.28. The maximum atomic E-state index is 12.1. The molecule has 1 rings (SSSR count). The van der Waals surface area contributed by atoms with Gasteiger partial charge in [0.1, 0.15) is 6.54 Å². The highest BCUT2D eigenvalue weighted by atomic mass is 35.5. The molecule has 0 saturated carbocycles. The number of anilines is 1. The highest BCUT2D eigenvalue weighted by Gasteiger charge is 2.19. The number of nitrogens with zero attached hydrogens (tertiary/aromatic N) is 1. The first kappa shape index (κ1) is 16.8. The number of aromatic carboxylic acids is 1. The van der Waals surface area contributed by atoms with E-state index in [9.17, 15) is 14.4 Å². The largest absolute Gasteiger partial charge is 0.478 e. The van der Waals surface area contributed by atoms with E-state index in [2.05, 4.69) is 5.32 Å². The molecule has 114 valence electrons. The molecule has 0 heterocycles. The van der Waals surface area contributed by atoms with Gasteiger partial charge in [0.2, 0.25) is 5.91 Å². The number of hydrogen-bond acceptors (Lipinski definition) is 3. The summed E-state index contributed by atoms with van der Waals surface area (Å²) in [5.74, 6) is -1.84. The number of carbonyl (C=O) groups excluding carboxylic acids is 2. The molecule has 0 aliphatic rings. The number of rotatable bonds is 5. The summed E-state index contributed by atoms with van der Waals surface area (Å²) in [6.07, 6.45) is 0. The molecule has 0 atom stereocenters. The number of amides is 3. The minimum Gasteiger partial charge on any atom is -0.478 e. The quantitative estimate of drug-likeness (QED) is 0.768. The number of urea groups is 1. The molecular formula is C13H16ClN3O4. The van der Waals surface area contributed by atoms with Gasteiger partial charge in [-0.25, -0.2) is 9.59 Å². The van der Waals surface area contributed by atoms with Crippen molar-refractivity contribution in [3.05, 3.63) is 28.8 Å². The molecular weight excluding hydrogens is 298 g/mol. The van der Waals surface area contributed by atoms with Crippen LogP contribution in [0, 0.1) is 0 Å². The lowest BCUT2D eigenvalue weighted by molar-refractivity contribution is -0.118. The average Bonchev–Trinajstić information content (AvgIpc) is 2.37. The second kappa shape index (κ2) is 6.94. The smallest absolute Gasteiger partial charge is 0.337 e. The second-order valence-corrected chi connectivity index (χ2v) is 5.03. The van der Waals surface area contributed by atoms with Crippen molar-refractivity contribution in [1.29, 1.82) is 0 Å². The van der Waals surface area contributed by atoms with Crippen molar-refractivity contribution >= 4 is 35.2 Å². The highest BCUT2D eigenvalue weighted by molar-refractivity contribution is 6.33. The van der Waals surface area contributed by atoms with E-state index in [-0.39, 0.29) is 28.9 Å². The second-order valence-electron chi connectivity index (χ2n) is 4.62. The Bertz CT molecular complexity index is 575. The Morgan fingerprint density at radius 2 is 2.00 bits per heavy atom. The number of halogens is 1. The molecule has 1 aromatic rings. The van der Waals surface area contributed by atoms with Crippen molar-refractivity contribution in [3.63, 3.8) is 0 Å². The Balaban J connectivity index is 2.93. The number of nitrogens with two attached hydrogens (primary N) is 1. The van der Waals surface area contributed by atoms with E-state index < -0.39 is 17.9 Å². The van der Waals surface area contributed by atoms with Gasteiger partial charge in [-0.3, -0.25) is 4.79 Å². The van der Waals surface area contributed by atoms with Gasteiger partial charge in [0.25, 0.3) is 0 Å². The summed E-state index contributed by atoms with van der Waals surface area (Å²) < 4.78 is 0. The van der Waals surface area contributed by atoms with Crippen molar-refractivity contribution < 1.29 is 19.5 Å². The van der Waals surface area contributed by atoms with E-state index >= 15 is 0 Å². The molecule has 7 nitrogen and oxygen atoms in total. The van der Waals surface area contributed by atoms with Crippen LogP contribution in [0.4, 0.5) is 10.5 Å². The van der Waals surface area contributed by atoms with Gasteiger partial charge in [0.05, 0.1) is 10.6 Å². The molecule has 0 aliphatic heterocycles. The van der Waals surface area contributed by atoms with E-state index in [1.54, 1.807) is 13.8 Å². The molecule has 4 N–H and O–H groups in total. The van der Waals surface area contributed by atoms with E-state index in [1.165, 1.54) is 23.1 Å². The maximum Gasteiger partial charge on any atom is 0.337 e. The molecule has 0 fully saturated rings. The standard InChI is InChI=1S/C13H16ClN3O4/c1-7(2)17(6-11(15)18)13(21)16-8-3-4-10(14)9(5-8)12(19)20/h3-5,7H,6H2,1-2H3,(H2,15,18)(H,16,21)(H,19,20). The van der Waals surface area contributed by atoms with E-state index in [1.807, 2.05) is 0 Å². The van der Waals surface area contributed by atoms with E-state index in [0.29, 0.717) is 0 Å². The fourth-order valence-electron chi connectivity index (χ4n) is 1.62. The summed E-state index contributed by atoms with van der Waals surface area (Å²) in [4.78, 5) is 35.3. The lowest BCUT2D eigenvalue weighted by Crippen LogP contribution is -2.44. The number of carboxylic acids is 1. The molecule has 3 amide bonds. The Morgan fingerprint density at radius 1 is 1.38 bits per heavy atom. The third kappa shape index (κ3) is 4.64. The molecule has 8 heteroatoms. The average molecular weight is 314 g/mol. The topological polar surface area (TPSA) is 113 Å². The number of carbonyl (C=O) groups is 3. The van der Waals surface area contributed by atoms with Gasteiger partial charge >= 0.3 is 12.0 Å². The van der Waals surface area contributed by atoms with Crippen molar-refractivity contribution in [1.82, 2.24) is 4.90 Å².